The van der Waals surface area contributed by atoms with Crippen molar-refractivity contribution in [2.24, 2.45) is 0 Å². The molecule has 0 spiro atoms. The Balaban J connectivity index is 1.90. The molecular formula is C16H11F2NOS. The highest BCUT2D eigenvalue weighted by atomic mass is 32.1. The van der Waals surface area contributed by atoms with E-state index in [-0.39, 0.29) is 0 Å². The molecule has 1 aromatic heterocycles. The van der Waals surface area contributed by atoms with Gasteiger partial charge in [-0.1, -0.05) is 12.1 Å². The van der Waals surface area contributed by atoms with Gasteiger partial charge in [0, 0.05) is 0 Å². The number of benzene rings is 2. The summed E-state index contributed by atoms with van der Waals surface area (Å²) in [5, 5.41) is 0.794. The first-order valence-electron chi connectivity index (χ1n) is 6.23. The second-order valence-electron chi connectivity index (χ2n) is 4.39. The number of ether oxygens (including phenoxy) is 1. The molecule has 0 atom stereocenters. The van der Waals surface area contributed by atoms with Crippen LogP contribution in [0.5, 0.6) is 5.75 Å². The first-order chi connectivity index (χ1) is 10.2. The first-order valence-corrected chi connectivity index (χ1v) is 7.05. The number of halogens is 2. The van der Waals surface area contributed by atoms with E-state index in [9.17, 15) is 8.78 Å². The summed E-state index contributed by atoms with van der Waals surface area (Å²) in [6.45, 7) is 0. The van der Waals surface area contributed by atoms with E-state index in [1.807, 2.05) is 18.2 Å². The Morgan fingerprint density at radius 1 is 1.05 bits per heavy atom. The van der Waals surface area contributed by atoms with Crippen molar-refractivity contribution >= 4 is 33.7 Å². The van der Waals surface area contributed by atoms with Crippen molar-refractivity contribution in [1.29, 1.82) is 0 Å². The molecule has 3 rings (SSSR count). The molecule has 0 saturated heterocycles. The van der Waals surface area contributed by atoms with E-state index in [4.69, 9.17) is 4.74 Å². The lowest BCUT2D eigenvalue weighted by molar-refractivity contribution is 0.415. The highest BCUT2D eigenvalue weighted by Gasteiger charge is 2.04. The lowest BCUT2D eigenvalue weighted by Gasteiger charge is -1.96. The summed E-state index contributed by atoms with van der Waals surface area (Å²) in [4.78, 5) is 4.45. The van der Waals surface area contributed by atoms with Crippen molar-refractivity contribution in [3.63, 3.8) is 0 Å². The summed E-state index contributed by atoms with van der Waals surface area (Å²) in [5.74, 6) is -0.923. The van der Waals surface area contributed by atoms with E-state index in [1.165, 1.54) is 17.4 Å². The molecule has 0 bridgehead atoms. The summed E-state index contributed by atoms with van der Waals surface area (Å²) in [6, 6.07) is 9.44. The van der Waals surface area contributed by atoms with Gasteiger partial charge in [-0.05, 0) is 42.0 Å². The van der Waals surface area contributed by atoms with E-state index in [0.717, 1.165) is 33.1 Å². The number of fused-ring (bicyclic) bond motifs is 1. The fourth-order valence-corrected chi connectivity index (χ4v) is 2.80. The minimum atomic E-state index is -0.855. The fraction of sp³-hybridized carbons (Fsp3) is 0.0625. The second-order valence-corrected chi connectivity index (χ2v) is 5.45. The zero-order chi connectivity index (χ0) is 14.8. The van der Waals surface area contributed by atoms with Gasteiger partial charge in [-0.25, -0.2) is 13.8 Å². The van der Waals surface area contributed by atoms with E-state index >= 15 is 0 Å². The van der Waals surface area contributed by atoms with Crippen molar-refractivity contribution in [3.05, 3.63) is 58.6 Å². The van der Waals surface area contributed by atoms with Gasteiger partial charge in [0.15, 0.2) is 11.6 Å². The molecule has 5 heteroatoms. The van der Waals surface area contributed by atoms with Crippen LogP contribution in [0.2, 0.25) is 0 Å². The quantitative estimate of drug-likeness (QED) is 0.696. The molecule has 0 saturated carbocycles. The summed E-state index contributed by atoms with van der Waals surface area (Å²) in [7, 11) is 1.62. The molecule has 106 valence electrons. The number of nitrogens with zero attached hydrogens (tertiary/aromatic N) is 1. The van der Waals surface area contributed by atoms with E-state index in [0.29, 0.717) is 5.56 Å². The van der Waals surface area contributed by atoms with Gasteiger partial charge in [-0.3, -0.25) is 0 Å². The zero-order valence-electron chi connectivity index (χ0n) is 11.1. The van der Waals surface area contributed by atoms with Crippen LogP contribution >= 0.6 is 11.3 Å². The fourth-order valence-electron chi connectivity index (χ4n) is 1.90. The number of aromatic nitrogens is 1. The Bertz CT molecular complexity index is 826. The van der Waals surface area contributed by atoms with Crippen LogP contribution in [0.4, 0.5) is 8.78 Å². The van der Waals surface area contributed by atoms with Gasteiger partial charge >= 0.3 is 0 Å². The molecule has 3 aromatic rings. The topological polar surface area (TPSA) is 22.1 Å². The third-order valence-corrected chi connectivity index (χ3v) is 3.96. The van der Waals surface area contributed by atoms with Crippen LogP contribution in [0.25, 0.3) is 22.4 Å². The van der Waals surface area contributed by atoms with Gasteiger partial charge in [-0.15, -0.1) is 11.3 Å². The number of hydrogen-bond donors (Lipinski definition) is 0. The maximum atomic E-state index is 13.1. The molecule has 0 aliphatic carbocycles. The third-order valence-electron chi connectivity index (χ3n) is 2.97. The van der Waals surface area contributed by atoms with Crippen molar-refractivity contribution in [1.82, 2.24) is 4.98 Å². The Morgan fingerprint density at radius 2 is 1.90 bits per heavy atom. The van der Waals surface area contributed by atoms with E-state index in [1.54, 1.807) is 19.3 Å². The molecule has 2 nitrogen and oxygen atoms in total. The molecule has 0 amide bonds. The predicted molar refractivity (Wildman–Crippen MR) is 81.5 cm³/mol. The summed E-state index contributed by atoms with van der Waals surface area (Å²) in [6.07, 6.45) is 3.49. The van der Waals surface area contributed by atoms with E-state index < -0.39 is 11.6 Å². The number of hydrogen-bond acceptors (Lipinski definition) is 3. The molecule has 1 heterocycles. The number of rotatable bonds is 3. The highest BCUT2D eigenvalue weighted by Crippen LogP contribution is 2.27. The van der Waals surface area contributed by atoms with Crippen LogP contribution < -0.4 is 4.74 Å². The van der Waals surface area contributed by atoms with Gasteiger partial charge in [0.2, 0.25) is 0 Å². The molecule has 2 aromatic carbocycles. The SMILES string of the molecule is COc1ccc2nc(/C=C/c3ccc(F)c(F)c3)sc2c1. The predicted octanol–water partition coefficient (Wildman–Crippen LogP) is 4.75. The average molecular weight is 303 g/mol. The molecule has 0 fully saturated rings. The normalized spacial score (nSPS) is 11.4. The maximum absolute atomic E-state index is 13.1. The Labute approximate surface area is 124 Å². The van der Waals surface area contributed by atoms with Crippen LogP contribution in [-0.4, -0.2) is 12.1 Å². The van der Waals surface area contributed by atoms with Crippen LogP contribution in [0.15, 0.2) is 36.4 Å². The largest absolute Gasteiger partial charge is 0.497 e. The van der Waals surface area contributed by atoms with Gasteiger partial charge in [-0.2, -0.15) is 0 Å². The highest BCUT2D eigenvalue weighted by molar-refractivity contribution is 7.19. The molecule has 0 N–H and O–H groups in total. The summed E-state index contributed by atoms with van der Waals surface area (Å²) >= 11 is 1.51. The molecule has 0 aliphatic heterocycles. The Hall–Kier alpha value is -2.27. The lowest BCUT2D eigenvalue weighted by atomic mass is 10.2. The van der Waals surface area contributed by atoms with Crippen LogP contribution in [0.3, 0.4) is 0 Å². The van der Waals surface area contributed by atoms with Crippen molar-refractivity contribution in [2.45, 2.75) is 0 Å². The molecule has 0 unspecified atom stereocenters. The summed E-state index contributed by atoms with van der Waals surface area (Å²) < 4.78 is 32.2. The first kappa shape index (κ1) is 13.7. The number of thiazole rings is 1. The van der Waals surface area contributed by atoms with Crippen LogP contribution in [0, 0.1) is 11.6 Å². The van der Waals surface area contributed by atoms with Gasteiger partial charge < -0.3 is 4.74 Å². The van der Waals surface area contributed by atoms with Gasteiger partial charge in [0.1, 0.15) is 10.8 Å². The minimum Gasteiger partial charge on any atom is -0.497 e. The second kappa shape index (κ2) is 5.61. The molecule has 0 radical (unpaired) electrons. The van der Waals surface area contributed by atoms with Crippen LogP contribution in [-0.2, 0) is 0 Å². The molecule has 0 aliphatic rings. The summed E-state index contributed by atoms with van der Waals surface area (Å²) in [5.41, 5.74) is 1.47. The van der Waals surface area contributed by atoms with Crippen LogP contribution in [0.1, 0.15) is 10.6 Å². The van der Waals surface area contributed by atoms with Gasteiger partial charge in [0.25, 0.3) is 0 Å². The number of methoxy groups -OCH3 is 1. The maximum Gasteiger partial charge on any atom is 0.159 e. The molecule has 21 heavy (non-hydrogen) atoms. The standard InChI is InChI=1S/C16H11F2NOS/c1-20-11-4-6-14-15(9-11)21-16(19-14)7-3-10-2-5-12(17)13(18)8-10/h2-9H,1H3/b7-3+. The minimum absolute atomic E-state index is 0.589. The van der Waals surface area contributed by atoms with Crippen molar-refractivity contribution in [3.8, 4) is 5.75 Å². The van der Waals surface area contributed by atoms with Gasteiger partial charge in [0.05, 0.1) is 17.3 Å². The Kier molecular flexibility index (Phi) is 3.66. The smallest absolute Gasteiger partial charge is 0.159 e. The Morgan fingerprint density at radius 3 is 2.67 bits per heavy atom. The monoisotopic (exact) mass is 303 g/mol. The van der Waals surface area contributed by atoms with Crippen molar-refractivity contribution < 1.29 is 13.5 Å². The van der Waals surface area contributed by atoms with E-state index in [2.05, 4.69) is 4.98 Å². The third kappa shape index (κ3) is 2.92. The lowest BCUT2D eigenvalue weighted by Crippen LogP contribution is -1.83. The average Bonchev–Trinajstić information content (AvgIpc) is 2.90. The molecular weight excluding hydrogens is 292 g/mol. The zero-order valence-corrected chi connectivity index (χ0v) is 12.0. The van der Waals surface area contributed by atoms with Crippen molar-refractivity contribution in [2.75, 3.05) is 7.11 Å².